The van der Waals surface area contributed by atoms with Crippen LogP contribution in [0.2, 0.25) is 0 Å². The Balaban J connectivity index is 2.27. The van der Waals surface area contributed by atoms with E-state index in [0.717, 1.165) is 50.4 Å². The summed E-state index contributed by atoms with van der Waals surface area (Å²) in [6, 6.07) is 17.3. The Kier molecular flexibility index (Phi) is 7.36. The van der Waals surface area contributed by atoms with Crippen LogP contribution in [0.25, 0.3) is 0 Å². The van der Waals surface area contributed by atoms with Gasteiger partial charge in [0.15, 0.2) is 0 Å². The maximum absolute atomic E-state index is 5.73. The van der Waals surface area contributed by atoms with Gasteiger partial charge < -0.3 is 9.47 Å². The number of hydrogen-bond donors (Lipinski definition) is 0. The molecule has 136 valence electrons. The van der Waals surface area contributed by atoms with Crippen molar-refractivity contribution in [2.75, 3.05) is 13.2 Å². The molecular weight excluding hydrogens is 308 g/mol. The van der Waals surface area contributed by atoms with E-state index < -0.39 is 0 Å². The molecule has 0 saturated carbocycles. The summed E-state index contributed by atoms with van der Waals surface area (Å²) in [5.41, 5.74) is 2.74. The first-order chi connectivity index (χ1) is 12.2. The molecule has 0 amide bonds. The fraction of sp³-hybridized carbons (Fsp3) is 0.478. The van der Waals surface area contributed by atoms with E-state index in [1.807, 2.05) is 0 Å². The van der Waals surface area contributed by atoms with Crippen LogP contribution in [0.15, 0.2) is 48.5 Å². The molecule has 0 aliphatic heterocycles. The molecule has 0 saturated heterocycles. The van der Waals surface area contributed by atoms with Crippen LogP contribution in [0.4, 0.5) is 0 Å². The van der Waals surface area contributed by atoms with Gasteiger partial charge in [-0.15, -0.1) is 0 Å². The molecule has 2 aromatic carbocycles. The van der Waals surface area contributed by atoms with E-state index in [0.29, 0.717) is 0 Å². The summed E-state index contributed by atoms with van der Waals surface area (Å²) in [5.74, 6) is 1.91. The van der Waals surface area contributed by atoms with Crippen molar-refractivity contribution in [2.24, 2.45) is 0 Å². The van der Waals surface area contributed by atoms with E-state index in [4.69, 9.17) is 9.47 Å². The van der Waals surface area contributed by atoms with Gasteiger partial charge in [0.1, 0.15) is 11.5 Å². The minimum Gasteiger partial charge on any atom is -0.494 e. The van der Waals surface area contributed by atoms with Gasteiger partial charge in [0, 0.05) is 5.41 Å². The molecule has 2 heteroatoms. The van der Waals surface area contributed by atoms with Crippen LogP contribution in [0.3, 0.4) is 0 Å². The molecule has 0 spiro atoms. The third-order valence-electron chi connectivity index (χ3n) is 4.97. The summed E-state index contributed by atoms with van der Waals surface area (Å²) in [6.07, 6.45) is 4.19. The monoisotopic (exact) mass is 340 g/mol. The lowest BCUT2D eigenvalue weighted by molar-refractivity contribution is 0.317. The highest BCUT2D eigenvalue weighted by atomic mass is 16.5. The third-order valence-corrected chi connectivity index (χ3v) is 4.97. The Morgan fingerprint density at radius 1 is 0.600 bits per heavy atom. The quantitative estimate of drug-likeness (QED) is 0.500. The van der Waals surface area contributed by atoms with Crippen LogP contribution in [0.5, 0.6) is 11.5 Å². The molecule has 0 aliphatic carbocycles. The van der Waals surface area contributed by atoms with Crippen LogP contribution >= 0.6 is 0 Å². The van der Waals surface area contributed by atoms with Gasteiger partial charge in [-0.25, -0.2) is 0 Å². The molecule has 2 nitrogen and oxygen atoms in total. The highest BCUT2D eigenvalue weighted by Gasteiger charge is 2.30. The van der Waals surface area contributed by atoms with Crippen molar-refractivity contribution in [3.8, 4) is 11.5 Å². The molecule has 25 heavy (non-hydrogen) atoms. The van der Waals surface area contributed by atoms with Gasteiger partial charge in [-0.3, -0.25) is 0 Å². The Bertz CT molecular complexity index is 556. The molecule has 0 aromatic heterocycles. The number of rotatable bonds is 10. The maximum atomic E-state index is 5.73. The standard InChI is InChI=1S/C23H32O2/c1-5-17-24-21-13-9-19(10-14-21)23(7-3,8-4)20-11-15-22(16-12-20)25-18-6-2/h9-16H,5-8,17-18H2,1-4H3. The molecule has 0 aliphatic rings. The van der Waals surface area contributed by atoms with E-state index in [2.05, 4.69) is 76.2 Å². The summed E-state index contributed by atoms with van der Waals surface area (Å²) >= 11 is 0. The van der Waals surface area contributed by atoms with E-state index in [-0.39, 0.29) is 5.41 Å². The van der Waals surface area contributed by atoms with E-state index in [9.17, 15) is 0 Å². The predicted octanol–water partition coefficient (Wildman–Crippen LogP) is 6.37. The van der Waals surface area contributed by atoms with Crippen LogP contribution in [0, 0.1) is 0 Å². The normalized spacial score (nSPS) is 11.4. The van der Waals surface area contributed by atoms with Gasteiger partial charge in [0.2, 0.25) is 0 Å². The molecule has 2 rings (SSSR count). The highest BCUT2D eigenvalue weighted by molar-refractivity contribution is 5.43. The number of hydrogen-bond acceptors (Lipinski definition) is 2. The minimum atomic E-state index is 0.0343. The SMILES string of the molecule is CCCOc1ccc(C(CC)(CC)c2ccc(OCCC)cc2)cc1. The fourth-order valence-electron chi connectivity index (χ4n) is 3.41. The fourth-order valence-corrected chi connectivity index (χ4v) is 3.41. The topological polar surface area (TPSA) is 18.5 Å². The summed E-state index contributed by atoms with van der Waals surface area (Å²) in [4.78, 5) is 0. The lowest BCUT2D eigenvalue weighted by atomic mass is 9.70. The zero-order valence-electron chi connectivity index (χ0n) is 16.2. The van der Waals surface area contributed by atoms with Crippen molar-refractivity contribution in [2.45, 2.75) is 58.8 Å². The number of ether oxygens (including phenoxy) is 2. The highest BCUT2D eigenvalue weighted by Crippen LogP contribution is 2.39. The molecule has 0 heterocycles. The van der Waals surface area contributed by atoms with Gasteiger partial charge >= 0.3 is 0 Å². The Morgan fingerprint density at radius 2 is 0.960 bits per heavy atom. The van der Waals surface area contributed by atoms with Crippen molar-refractivity contribution >= 4 is 0 Å². The van der Waals surface area contributed by atoms with Crippen molar-refractivity contribution in [1.82, 2.24) is 0 Å². The third kappa shape index (κ3) is 4.56. The molecule has 0 bridgehead atoms. The zero-order chi connectivity index (χ0) is 18.1. The van der Waals surface area contributed by atoms with E-state index in [1.165, 1.54) is 11.1 Å². The predicted molar refractivity (Wildman–Crippen MR) is 106 cm³/mol. The van der Waals surface area contributed by atoms with Crippen molar-refractivity contribution in [3.63, 3.8) is 0 Å². The summed E-state index contributed by atoms with van der Waals surface area (Å²) in [5, 5.41) is 0. The zero-order valence-corrected chi connectivity index (χ0v) is 16.2. The smallest absolute Gasteiger partial charge is 0.119 e. The van der Waals surface area contributed by atoms with Gasteiger partial charge in [-0.05, 0) is 61.1 Å². The van der Waals surface area contributed by atoms with E-state index in [1.54, 1.807) is 0 Å². The molecule has 0 fully saturated rings. The molecule has 2 aromatic rings. The summed E-state index contributed by atoms with van der Waals surface area (Å²) in [6.45, 7) is 10.3. The first-order valence-electron chi connectivity index (χ1n) is 9.66. The minimum absolute atomic E-state index is 0.0343. The summed E-state index contributed by atoms with van der Waals surface area (Å²) < 4.78 is 11.5. The first kappa shape index (κ1) is 19.4. The van der Waals surface area contributed by atoms with E-state index >= 15 is 0 Å². The molecule has 0 N–H and O–H groups in total. The molecular formula is C23H32O2. The average Bonchev–Trinajstić information content (AvgIpc) is 2.68. The molecule has 0 unspecified atom stereocenters. The lowest BCUT2D eigenvalue weighted by Crippen LogP contribution is -2.26. The van der Waals surface area contributed by atoms with Crippen molar-refractivity contribution < 1.29 is 9.47 Å². The first-order valence-corrected chi connectivity index (χ1v) is 9.66. The van der Waals surface area contributed by atoms with Gasteiger partial charge in [-0.2, -0.15) is 0 Å². The Hall–Kier alpha value is -1.96. The van der Waals surface area contributed by atoms with Crippen LogP contribution in [0.1, 0.15) is 64.5 Å². The second-order valence-corrected chi connectivity index (χ2v) is 6.53. The van der Waals surface area contributed by atoms with Gasteiger partial charge in [0.05, 0.1) is 13.2 Å². The molecule has 0 atom stereocenters. The largest absolute Gasteiger partial charge is 0.494 e. The Labute approximate surface area is 153 Å². The van der Waals surface area contributed by atoms with Gasteiger partial charge in [0.25, 0.3) is 0 Å². The van der Waals surface area contributed by atoms with Crippen LogP contribution < -0.4 is 9.47 Å². The lowest BCUT2D eigenvalue weighted by Gasteiger charge is -2.33. The summed E-state index contributed by atoms with van der Waals surface area (Å²) in [7, 11) is 0. The number of benzene rings is 2. The van der Waals surface area contributed by atoms with Crippen LogP contribution in [-0.4, -0.2) is 13.2 Å². The van der Waals surface area contributed by atoms with Gasteiger partial charge in [-0.1, -0.05) is 52.0 Å². The van der Waals surface area contributed by atoms with Crippen molar-refractivity contribution in [3.05, 3.63) is 59.7 Å². The van der Waals surface area contributed by atoms with Crippen LogP contribution in [-0.2, 0) is 5.41 Å². The molecule has 0 radical (unpaired) electrons. The second kappa shape index (κ2) is 9.50. The maximum Gasteiger partial charge on any atom is 0.119 e. The Morgan fingerprint density at radius 3 is 1.24 bits per heavy atom. The van der Waals surface area contributed by atoms with Crippen molar-refractivity contribution in [1.29, 1.82) is 0 Å². The average molecular weight is 341 g/mol. The second-order valence-electron chi connectivity index (χ2n) is 6.53.